The first-order valence-corrected chi connectivity index (χ1v) is 9.47. The normalized spacial score (nSPS) is 21.8. The monoisotopic (exact) mass is 391 g/mol. The van der Waals surface area contributed by atoms with Crippen molar-refractivity contribution in [2.75, 3.05) is 18.9 Å². The molecule has 2 N–H and O–H groups in total. The number of likely N-dealkylation sites (tertiary alicyclic amines) is 1. The average Bonchev–Trinajstić information content (AvgIpc) is 2.92. The van der Waals surface area contributed by atoms with Gasteiger partial charge in [-0.2, -0.15) is 0 Å². The molecular weight excluding hydrogens is 370 g/mol. The molecule has 4 amide bonds. The van der Waals surface area contributed by atoms with Crippen LogP contribution >= 0.6 is 11.6 Å². The first-order chi connectivity index (χ1) is 12.9. The van der Waals surface area contributed by atoms with Crippen LogP contribution in [0.25, 0.3) is 0 Å². The zero-order chi connectivity index (χ0) is 19.6. The van der Waals surface area contributed by atoms with E-state index in [0.717, 1.165) is 25.7 Å². The van der Waals surface area contributed by atoms with E-state index in [1.54, 1.807) is 6.07 Å². The van der Waals surface area contributed by atoms with Crippen molar-refractivity contribution in [3.8, 4) is 0 Å². The number of anilines is 1. The van der Waals surface area contributed by atoms with E-state index in [2.05, 4.69) is 10.6 Å². The molecule has 2 unspecified atom stereocenters. The van der Waals surface area contributed by atoms with Gasteiger partial charge in [0.05, 0.1) is 22.4 Å². The van der Waals surface area contributed by atoms with Crippen LogP contribution in [-0.2, 0) is 14.4 Å². The van der Waals surface area contributed by atoms with Gasteiger partial charge in [-0.05, 0) is 31.0 Å². The second-order valence-corrected chi connectivity index (χ2v) is 7.30. The predicted molar refractivity (Wildman–Crippen MR) is 100 cm³/mol. The molecule has 27 heavy (non-hydrogen) atoms. The molecule has 1 saturated carbocycles. The van der Waals surface area contributed by atoms with Gasteiger partial charge >= 0.3 is 0 Å². The number of hydrogen-bond acceptors (Lipinski definition) is 4. The molecule has 1 heterocycles. The molecule has 0 bridgehead atoms. The first-order valence-electron chi connectivity index (χ1n) is 9.09. The highest BCUT2D eigenvalue weighted by Crippen LogP contribution is 2.38. The number of halogens is 1. The number of carbonyl (C=O) groups is 4. The topological polar surface area (TPSA) is 95.6 Å². The van der Waals surface area contributed by atoms with Gasteiger partial charge in [-0.3, -0.25) is 24.1 Å². The van der Waals surface area contributed by atoms with Gasteiger partial charge in [0.25, 0.3) is 5.91 Å². The number of imide groups is 1. The minimum Gasteiger partial charge on any atom is -0.355 e. The van der Waals surface area contributed by atoms with Gasteiger partial charge in [0, 0.05) is 25.7 Å². The third-order valence-electron chi connectivity index (χ3n) is 5.22. The van der Waals surface area contributed by atoms with Crippen molar-refractivity contribution in [2.24, 2.45) is 11.8 Å². The summed E-state index contributed by atoms with van der Waals surface area (Å²) in [5.41, 5.74) is 0.682. The lowest BCUT2D eigenvalue weighted by atomic mass is 9.81. The fourth-order valence-electron chi connectivity index (χ4n) is 3.80. The molecule has 2 aliphatic rings. The fourth-order valence-corrected chi connectivity index (χ4v) is 4.00. The van der Waals surface area contributed by atoms with E-state index in [4.69, 9.17) is 11.6 Å². The SMILES string of the molecule is CNC(=O)c1cc(NC(=O)CCN2C(=O)C3CCCCC3C2=O)ccc1Cl. The van der Waals surface area contributed by atoms with Crippen molar-refractivity contribution in [1.29, 1.82) is 0 Å². The van der Waals surface area contributed by atoms with Gasteiger partial charge < -0.3 is 10.6 Å². The largest absolute Gasteiger partial charge is 0.355 e. The summed E-state index contributed by atoms with van der Waals surface area (Å²) >= 11 is 5.99. The number of amides is 4. The number of nitrogens with zero attached hydrogens (tertiary/aromatic N) is 1. The van der Waals surface area contributed by atoms with E-state index in [9.17, 15) is 19.2 Å². The molecule has 1 aliphatic carbocycles. The number of nitrogens with one attached hydrogen (secondary N) is 2. The molecule has 1 saturated heterocycles. The Kier molecular flexibility index (Phi) is 5.79. The predicted octanol–water partition coefficient (Wildman–Crippen LogP) is 2.20. The number of hydrogen-bond donors (Lipinski definition) is 2. The Labute approximate surface area is 162 Å². The van der Waals surface area contributed by atoms with Crippen LogP contribution in [0.5, 0.6) is 0 Å². The number of fused-ring (bicyclic) bond motifs is 1. The van der Waals surface area contributed by atoms with Crippen LogP contribution in [0.3, 0.4) is 0 Å². The molecule has 1 aromatic rings. The molecule has 7 nitrogen and oxygen atoms in total. The molecule has 144 valence electrons. The fraction of sp³-hybridized carbons (Fsp3) is 0.474. The first kappa shape index (κ1) is 19.4. The van der Waals surface area contributed by atoms with Crippen molar-refractivity contribution >= 4 is 40.9 Å². The summed E-state index contributed by atoms with van der Waals surface area (Å²) in [6.45, 7) is 0.0758. The lowest BCUT2D eigenvalue weighted by molar-refractivity contribution is -0.140. The summed E-state index contributed by atoms with van der Waals surface area (Å²) in [5, 5.41) is 5.44. The van der Waals surface area contributed by atoms with Crippen LogP contribution in [0, 0.1) is 11.8 Å². The Balaban J connectivity index is 1.59. The van der Waals surface area contributed by atoms with E-state index in [1.807, 2.05) is 0 Å². The Bertz CT molecular complexity index is 771. The number of rotatable bonds is 5. The molecule has 0 spiro atoms. The van der Waals surface area contributed by atoms with E-state index in [0.29, 0.717) is 5.69 Å². The van der Waals surface area contributed by atoms with Crippen LogP contribution in [0.2, 0.25) is 5.02 Å². The lowest BCUT2D eigenvalue weighted by Gasteiger charge is -2.19. The molecular formula is C19H22ClN3O4. The second-order valence-electron chi connectivity index (χ2n) is 6.90. The standard InChI is InChI=1S/C19H22ClN3O4/c1-21-17(25)14-10-11(6-7-15(14)20)22-16(24)8-9-23-18(26)12-4-2-3-5-13(12)19(23)27/h6-7,10,12-13H,2-5,8-9H2,1H3,(H,21,25)(H,22,24). The highest BCUT2D eigenvalue weighted by Gasteiger charge is 2.47. The van der Waals surface area contributed by atoms with Gasteiger partial charge in [-0.15, -0.1) is 0 Å². The summed E-state index contributed by atoms with van der Waals surface area (Å²) < 4.78 is 0. The average molecular weight is 392 g/mol. The van der Waals surface area contributed by atoms with E-state index >= 15 is 0 Å². The Hall–Kier alpha value is -2.41. The summed E-state index contributed by atoms with van der Waals surface area (Å²) in [6, 6.07) is 4.60. The Morgan fingerprint density at radius 2 is 1.78 bits per heavy atom. The van der Waals surface area contributed by atoms with Crippen molar-refractivity contribution in [3.63, 3.8) is 0 Å². The van der Waals surface area contributed by atoms with Crippen LogP contribution in [0.4, 0.5) is 5.69 Å². The van der Waals surface area contributed by atoms with Crippen molar-refractivity contribution in [2.45, 2.75) is 32.1 Å². The van der Waals surface area contributed by atoms with E-state index < -0.39 is 0 Å². The van der Waals surface area contributed by atoms with Gasteiger partial charge in [-0.25, -0.2) is 0 Å². The highest BCUT2D eigenvalue weighted by atomic mass is 35.5. The minimum atomic E-state index is -0.355. The van der Waals surface area contributed by atoms with Gasteiger partial charge in [0.15, 0.2) is 0 Å². The maximum atomic E-state index is 12.4. The third kappa shape index (κ3) is 3.98. The summed E-state index contributed by atoms with van der Waals surface area (Å²) in [4.78, 5) is 50.1. The zero-order valence-corrected chi connectivity index (χ0v) is 15.8. The van der Waals surface area contributed by atoms with Crippen molar-refractivity contribution < 1.29 is 19.2 Å². The summed E-state index contributed by atoms with van der Waals surface area (Å²) in [6.07, 6.45) is 3.46. The zero-order valence-electron chi connectivity index (χ0n) is 15.1. The summed E-state index contributed by atoms with van der Waals surface area (Å²) in [7, 11) is 1.49. The van der Waals surface area contributed by atoms with Crippen LogP contribution in [-0.4, -0.2) is 42.1 Å². The van der Waals surface area contributed by atoms with Crippen molar-refractivity contribution in [1.82, 2.24) is 10.2 Å². The number of benzene rings is 1. The Morgan fingerprint density at radius 1 is 1.15 bits per heavy atom. The molecule has 8 heteroatoms. The summed E-state index contributed by atoms with van der Waals surface area (Å²) in [5.74, 6) is -1.40. The quantitative estimate of drug-likeness (QED) is 0.752. The third-order valence-corrected chi connectivity index (χ3v) is 5.55. The molecule has 0 radical (unpaired) electrons. The van der Waals surface area contributed by atoms with E-state index in [-0.39, 0.29) is 59.0 Å². The second kappa shape index (κ2) is 8.08. The molecule has 1 aromatic carbocycles. The molecule has 1 aliphatic heterocycles. The molecule has 2 atom stereocenters. The molecule has 0 aromatic heterocycles. The maximum absolute atomic E-state index is 12.4. The molecule has 2 fully saturated rings. The highest BCUT2D eigenvalue weighted by molar-refractivity contribution is 6.34. The molecule has 3 rings (SSSR count). The van der Waals surface area contributed by atoms with E-state index in [1.165, 1.54) is 24.1 Å². The van der Waals surface area contributed by atoms with Gasteiger partial charge in [0.2, 0.25) is 17.7 Å². The maximum Gasteiger partial charge on any atom is 0.252 e. The Morgan fingerprint density at radius 3 is 2.37 bits per heavy atom. The lowest BCUT2D eigenvalue weighted by Crippen LogP contribution is -2.34. The van der Waals surface area contributed by atoms with Crippen LogP contribution in [0.1, 0.15) is 42.5 Å². The van der Waals surface area contributed by atoms with Crippen molar-refractivity contribution in [3.05, 3.63) is 28.8 Å². The van der Waals surface area contributed by atoms with Crippen LogP contribution < -0.4 is 10.6 Å². The smallest absolute Gasteiger partial charge is 0.252 e. The van der Waals surface area contributed by atoms with Gasteiger partial charge in [-0.1, -0.05) is 24.4 Å². The van der Waals surface area contributed by atoms with Crippen LogP contribution in [0.15, 0.2) is 18.2 Å². The van der Waals surface area contributed by atoms with Gasteiger partial charge in [0.1, 0.15) is 0 Å². The minimum absolute atomic E-state index is 0.00878. The number of carbonyl (C=O) groups excluding carboxylic acids is 4.